The van der Waals surface area contributed by atoms with Gasteiger partial charge in [0.25, 0.3) is 0 Å². The molecule has 0 aromatic heterocycles. The van der Waals surface area contributed by atoms with E-state index in [1.165, 1.54) is 14.2 Å². The SMILES string of the molecule is COC(=O)C(O)c1cc(Cl)cc(OC)c1C(C)C. The molecule has 0 aliphatic carbocycles. The normalized spacial score (nSPS) is 12.4. The third kappa shape index (κ3) is 2.94. The van der Waals surface area contributed by atoms with Crippen LogP contribution in [0.2, 0.25) is 5.02 Å². The van der Waals surface area contributed by atoms with Gasteiger partial charge in [-0.05, 0) is 18.1 Å². The lowest BCUT2D eigenvalue weighted by Gasteiger charge is -2.20. The van der Waals surface area contributed by atoms with Crippen molar-refractivity contribution in [3.63, 3.8) is 0 Å². The van der Waals surface area contributed by atoms with Crippen molar-refractivity contribution in [3.8, 4) is 5.75 Å². The van der Waals surface area contributed by atoms with Crippen molar-refractivity contribution < 1.29 is 19.4 Å². The van der Waals surface area contributed by atoms with E-state index in [1.54, 1.807) is 12.1 Å². The molecular formula is C13H17ClO4. The maximum atomic E-state index is 11.4. The molecule has 0 fully saturated rings. The fourth-order valence-electron chi connectivity index (χ4n) is 1.86. The number of methoxy groups -OCH3 is 2. The van der Waals surface area contributed by atoms with Gasteiger partial charge < -0.3 is 14.6 Å². The summed E-state index contributed by atoms with van der Waals surface area (Å²) in [6.07, 6.45) is -1.36. The van der Waals surface area contributed by atoms with Crippen LogP contribution < -0.4 is 4.74 Å². The van der Waals surface area contributed by atoms with Crippen molar-refractivity contribution in [1.82, 2.24) is 0 Å². The summed E-state index contributed by atoms with van der Waals surface area (Å²) in [6, 6.07) is 3.21. The molecule has 4 nitrogen and oxygen atoms in total. The van der Waals surface area contributed by atoms with Crippen molar-refractivity contribution in [3.05, 3.63) is 28.3 Å². The molecule has 0 bridgehead atoms. The summed E-state index contributed by atoms with van der Waals surface area (Å²) in [5.74, 6) is -0.0943. The number of rotatable bonds is 4. The topological polar surface area (TPSA) is 55.8 Å². The Morgan fingerprint density at radius 1 is 1.33 bits per heavy atom. The maximum Gasteiger partial charge on any atom is 0.339 e. The number of carbonyl (C=O) groups is 1. The van der Waals surface area contributed by atoms with Gasteiger partial charge in [0, 0.05) is 16.1 Å². The molecule has 0 amide bonds. The fraction of sp³-hybridized carbons (Fsp3) is 0.462. The zero-order chi connectivity index (χ0) is 13.9. The first kappa shape index (κ1) is 14.8. The molecule has 0 radical (unpaired) electrons. The highest BCUT2D eigenvalue weighted by molar-refractivity contribution is 6.30. The summed E-state index contributed by atoms with van der Waals surface area (Å²) in [5.41, 5.74) is 1.17. The highest BCUT2D eigenvalue weighted by atomic mass is 35.5. The monoisotopic (exact) mass is 272 g/mol. The predicted octanol–water partition coefficient (Wildman–Crippen LogP) is 2.68. The van der Waals surface area contributed by atoms with Crippen LogP contribution in [0.1, 0.15) is 37.0 Å². The zero-order valence-corrected chi connectivity index (χ0v) is 11.6. The minimum Gasteiger partial charge on any atom is -0.496 e. The molecule has 0 aliphatic heterocycles. The molecule has 0 saturated carbocycles. The number of carbonyl (C=O) groups excluding carboxylic acids is 1. The lowest BCUT2D eigenvalue weighted by Crippen LogP contribution is -2.16. The summed E-state index contributed by atoms with van der Waals surface area (Å²) < 4.78 is 9.79. The number of halogens is 1. The zero-order valence-electron chi connectivity index (χ0n) is 10.9. The molecule has 1 aromatic carbocycles. The average Bonchev–Trinajstić information content (AvgIpc) is 2.35. The Balaban J connectivity index is 3.40. The van der Waals surface area contributed by atoms with Crippen molar-refractivity contribution in [2.45, 2.75) is 25.9 Å². The second kappa shape index (κ2) is 6.07. The Bertz CT molecular complexity index is 443. The van der Waals surface area contributed by atoms with E-state index in [9.17, 15) is 9.90 Å². The molecule has 100 valence electrons. The van der Waals surface area contributed by atoms with Crippen LogP contribution in [0.3, 0.4) is 0 Å². The van der Waals surface area contributed by atoms with Gasteiger partial charge in [0.1, 0.15) is 5.75 Å². The summed E-state index contributed by atoms with van der Waals surface area (Å²) >= 11 is 5.95. The molecule has 18 heavy (non-hydrogen) atoms. The van der Waals surface area contributed by atoms with Crippen LogP contribution in [0.5, 0.6) is 5.75 Å². The molecule has 1 aromatic rings. The summed E-state index contributed by atoms with van der Waals surface area (Å²) in [4.78, 5) is 11.4. The number of benzene rings is 1. The number of aliphatic hydroxyl groups is 1. The molecule has 5 heteroatoms. The van der Waals surface area contributed by atoms with Gasteiger partial charge in [-0.15, -0.1) is 0 Å². The van der Waals surface area contributed by atoms with Crippen LogP contribution in [-0.4, -0.2) is 25.3 Å². The van der Waals surface area contributed by atoms with Gasteiger partial charge in [0.2, 0.25) is 0 Å². The van der Waals surface area contributed by atoms with Crippen LogP contribution in [0.25, 0.3) is 0 Å². The first-order valence-corrected chi connectivity index (χ1v) is 5.93. The first-order valence-electron chi connectivity index (χ1n) is 5.55. The minimum atomic E-state index is -1.36. The van der Waals surface area contributed by atoms with Crippen LogP contribution in [-0.2, 0) is 9.53 Å². The minimum absolute atomic E-state index is 0.0755. The standard InChI is InChI=1S/C13H17ClO4/c1-7(2)11-9(12(15)13(16)18-4)5-8(14)6-10(11)17-3/h5-7,12,15H,1-4H3. The molecule has 0 heterocycles. The number of ether oxygens (including phenoxy) is 2. The number of aliphatic hydroxyl groups excluding tert-OH is 1. The van der Waals surface area contributed by atoms with Crippen LogP contribution >= 0.6 is 11.6 Å². The summed E-state index contributed by atoms with van der Waals surface area (Å²) in [7, 11) is 2.74. The van der Waals surface area contributed by atoms with Gasteiger partial charge in [-0.1, -0.05) is 25.4 Å². The second-order valence-corrected chi connectivity index (χ2v) is 4.63. The van der Waals surface area contributed by atoms with E-state index >= 15 is 0 Å². The van der Waals surface area contributed by atoms with Crippen LogP contribution in [0.15, 0.2) is 12.1 Å². The molecular weight excluding hydrogens is 256 g/mol. The smallest absolute Gasteiger partial charge is 0.339 e. The summed E-state index contributed by atoms with van der Waals surface area (Å²) in [6.45, 7) is 3.89. The Kier molecular flexibility index (Phi) is 4.99. The van der Waals surface area contributed by atoms with E-state index in [0.717, 1.165) is 5.56 Å². The number of hydrogen-bond donors (Lipinski definition) is 1. The molecule has 1 atom stereocenters. The van der Waals surface area contributed by atoms with E-state index in [2.05, 4.69) is 4.74 Å². The van der Waals surface area contributed by atoms with E-state index in [4.69, 9.17) is 16.3 Å². The second-order valence-electron chi connectivity index (χ2n) is 4.19. The van der Waals surface area contributed by atoms with Crippen LogP contribution in [0.4, 0.5) is 0 Å². The van der Waals surface area contributed by atoms with Crippen molar-refractivity contribution in [2.75, 3.05) is 14.2 Å². The third-order valence-corrected chi connectivity index (χ3v) is 2.87. The van der Waals surface area contributed by atoms with Gasteiger partial charge >= 0.3 is 5.97 Å². The van der Waals surface area contributed by atoms with Gasteiger partial charge in [-0.3, -0.25) is 0 Å². The van der Waals surface area contributed by atoms with Gasteiger partial charge in [0.15, 0.2) is 6.10 Å². The number of hydrogen-bond acceptors (Lipinski definition) is 4. The van der Waals surface area contributed by atoms with Gasteiger partial charge in [-0.25, -0.2) is 4.79 Å². The average molecular weight is 273 g/mol. The molecule has 0 spiro atoms. The summed E-state index contributed by atoms with van der Waals surface area (Å²) in [5, 5.41) is 10.4. The van der Waals surface area contributed by atoms with Gasteiger partial charge in [0.05, 0.1) is 14.2 Å². The van der Waals surface area contributed by atoms with Crippen LogP contribution in [0, 0.1) is 0 Å². The Labute approximate surface area is 111 Å². The quantitative estimate of drug-likeness (QED) is 0.856. The molecule has 1 N–H and O–H groups in total. The fourth-order valence-corrected chi connectivity index (χ4v) is 2.08. The first-order chi connectivity index (χ1) is 8.42. The van der Waals surface area contributed by atoms with Crippen molar-refractivity contribution in [2.24, 2.45) is 0 Å². The van der Waals surface area contributed by atoms with E-state index < -0.39 is 12.1 Å². The Morgan fingerprint density at radius 2 is 1.94 bits per heavy atom. The maximum absolute atomic E-state index is 11.4. The molecule has 0 aliphatic rings. The van der Waals surface area contributed by atoms with E-state index in [0.29, 0.717) is 16.3 Å². The van der Waals surface area contributed by atoms with E-state index in [1.807, 2.05) is 13.8 Å². The van der Waals surface area contributed by atoms with Crippen molar-refractivity contribution >= 4 is 17.6 Å². The molecule has 0 saturated heterocycles. The lowest BCUT2D eigenvalue weighted by molar-refractivity contribution is -0.150. The Morgan fingerprint density at radius 3 is 2.39 bits per heavy atom. The highest BCUT2D eigenvalue weighted by Gasteiger charge is 2.25. The van der Waals surface area contributed by atoms with Gasteiger partial charge in [-0.2, -0.15) is 0 Å². The largest absolute Gasteiger partial charge is 0.496 e. The third-order valence-electron chi connectivity index (χ3n) is 2.66. The van der Waals surface area contributed by atoms with Crippen molar-refractivity contribution in [1.29, 1.82) is 0 Å². The Hall–Kier alpha value is -1.26. The number of esters is 1. The highest BCUT2D eigenvalue weighted by Crippen LogP contribution is 2.36. The predicted molar refractivity (Wildman–Crippen MR) is 69.1 cm³/mol. The molecule has 1 rings (SSSR count). The molecule has 1 unspecified atom stereocenters. The van der Waals surface area contributed by atoms with E-state index in [-0.39, 0.29) is 5.92 Å². The lowest BCUT2D eigenvalue weighted by atomic mass is 9.93.